The van der Waals surface area contributed by atoms with Crippen molar-refractivity contribution in [3.8, 4) is 0 Å². The number of aromatic nitrogens is 1. The van der Waals surface area contributed by atoms with E-state index in [0.29, 0.717) is 0 Å². The van der Waals surface area contributed by atoms with Crippen LogP contribution in [-0.4, -0.2) is 11.5 Å². The van der Waals surface area contributed by atoms with Crippen molar-refractivity contribution in [2.75, 3.05) is 11.6 Å². The fourth-order valence-electron chi connectivity index (χ4n) is 1.61. The molecule has 1 rings (SSSR count). The van der Waals surface area contributed by atoms with Crippen LogP contribution in [0.15, 0.2) is 12.1 Å². The summed E-state index contributed by atoms with van der Waals surface area (Å²) in [6, 6.07) is 4.09. The molecule has 0 atom stereocenters. The zero-order chi connectivity index (χ0) is 11.3. The number of hydrazine groups is 1. The van der Waals surface area contributed by atoms with Crippen molar-refractivity contribution in [3.63, 3.8) is 0 Å². The highest BCUT2D eigenvalue weighted by molar-refractivity contribution is 5.40. The molecule has 3 nitrogen and oxygen atoms in total. The molecule has 3 heteroatoms. The Hall–Kier alpha value is -1.09. The second-order valence-corrected chi connectivity index (χ2v) is 4.04. The Bertz CT molecular complexity index is 289. The van der Waals surface area contributed by atoms with Crippen LogP contribution in [0.4, 0.5) is 5.82 Å². The van der Waals surface area contributed by atoms with E-state index < -0.39 is 0 Å². The summed E-state index contributed by atoms with van der Waals surface area (Å²) in [6.45, 7) is 7.13. The van der Waals surface area contributed by atoms with E-state index in [0.717, 1.165) is 24.5 Å². The number of nitrogens with two attached hydrogens (primary N) is 1. The Morgan fingerprint density at radius 2 is 2.00 bits per heavy atom. The molecule has 0 aliphatic heterocycles. The zero-order valence-corrected chi connectivity index (χ0v) is 9.95. The lowest BCUT2D eigenvalue weighted by Crippen LogP contribution is -2.32. The molecule has 1 aromatic heterocycles. The smallest absolute Gasteiger partial charge is 0.143 e. The summed E-state index contributed by atoms with van der Waals surface area (Å²) in [5, 5.41) is 1.75. The van der Waals surface area contributed by atoms with Crippen LogP contribution in [0, 0.1) is 13.8 Å². The predicted molar refractivity (Wildman–Crippen MR) is 64.8 cm³/mol. The van der Waals surface area contributed by atoms with Gasteiger partial charge in [-0.1, -0.05) is 19.8 Å². The highest BCUT2D eigenvalue weighted by Crippen LogP contribution is 2.12. The van der Waals surface area contributed by atoms with Crippen molar-refractivity contribution in [2.24, 2.45) is 5.84 Å². The molecule has 0 spiro atoms. The molecule has 0 aliphatic carbocycles. The molecule has 0 saturated carbocycles. The topological polar surface area (TPSA) is 42.1 Å². The van der Waals surface area contributed by atoms with Gasteiger partial charge >= 0.3 is 0 Å². The largest absolute Gasteiger partial charge is 0.295 e. The lowest BCUT2D eigenvalue weighted by Gasteiger charge is -2.18. The third-order valence-electron chi connectivity index (χ3n) is 2.38. The maximum absolute atomic E-state index is 5.94. The van der Waals surface area contributed by atoms with Gasteiger partial charge in [0.15, 0.2) is 0 Å². The zero-order valence-electron chi connectivity index (χ0n) is 9.95. The number of hydrogen-bond acceptors (Lipinski definition) is 3. The Morgan fingerprint density at radius 1 is 1.27 bits per heavy atom. The van der Waals surface area contributed by atoms with Crippen LogP contribution >= 0.6 is 0 Å². The van der Waals surface area contributed by atoms with E-state index >= 15 is 0 Å². The summed E-state index contributed by atoms with van der Waals surface area (Å²) in [5.41, 5.74) is 2.24. The number of hydrogen-bond donors (Lipinski definition) is 1. The summed E-state index contributed by atoms with van der Waals surface area (Å²) in [4.78, 5) is 4.41. The molecule has 0 unspecified atom stereocenters. The van der Waals surface area contributed by atoms with Crippen LogP contribution in [0.5, 0.6) is 0 Å². The molecule has 1 heterocycles. The minimum Gasteiger partial charge on any atom is -0.295 e. The molecule has 84 valence electrons. The minimum atomic E-state index is 0.878. The second kappa shape index (κ2) is 5.71. The molecule has 0 aliphatic rings. The predicted octanol–water partition coefficient (Wildman–Crippen LogP) is 2.57. The van der Waals surface area contributed by atoms with E-state index in [2.05, 4.69) is 24.9 Å². The first kappa shape index (κ1) is 12.0. The normalized spacial score (nSPS) is 10.4. The Labute approximate surface area is 92.3 Å². The van der Waals surface area contributed by atoms with Gasteiger partial charge in [-0.15, -0.1) is 0 Å². The van der Waals surface area contributed by atoms with Crippen LogP contribution in [-0.2, 0) is 0 Å². The number of pyridine rings is 1. The van der Waals surface area contributed by atoms with Crippen molar-refractivity contribution in [3.05, 3.63) is 23.4 Å². The fourth-order valence-corrected chi connectivity index (χ4v) is 1.61. The summed E-state index contributed by atoms with van der Waals surface area (Å²) in [5.74, 6) is 6.82. The quantitative estimate of drug-likeness (QED) is 0.458. The van der Waals surface area contributed by atoms with E-state index in [4.69, 9.17) is 5.84 Å². The van der Waals surface area contributed by atoms with Crippen molar-refractivity contribution in [2.45, 2.75) is 40.0 Å². The third kappa shape index (κ3) is 3.88. The van der Waals surface area contributed by atoms with Gasteiger partial charge in [0.25, 0.3) is 0 Å². The molecule has 0 saturated heterocycles. The molecule has 0 fully saturated rings. The molecular formula is C12H21N3. The Kier molecular flexibility index (Phi) is 4.56. The maximum atomic E-state index is 5.94. The van der Waals surface area contributed by atoms with Crippen molar-refractivity contribution < 1.29 is 0 Å². The van der Waals surface area contributed by atoms with E-state index in [-0.39, 0.29) is 0 Å². The van der Waals surface area contributed by atoms with Crippen LogP contribution in [0.3, 0.4) is 0 Å². The number of unbranched alkanes of at least 4 members (excludes halogenated alkanes) is 2. The van der Waals surface area contributed by atoms with Gasteiger partial charge in [0, 0.05) is 12.2 Å². The molecule has 0 radical (unpaired) electrons. The van der Waals surface area contributed by atoms with Crippen molar-refractivity contribution in [1.29, 1.82) is 0 Å². The molecule has 0 amide bonds. The van der Waals surface area contributed by atoms with Crippen molar-refractivity contribution >= 4 is 5.82 Å². The average molecular weight is 207 g/mol. The Balaban J connectivity index is 2.60. The molecule has 1 aromatic rings. The van der Waals surface area contributed by atoms with Crippen LogP contribution in [0.25, 0.3) is 0 Å². The number of nitrogens with zero attached hydrogens (tertiary/aromatic N) is 2. The number of rotatable bonds is 5. The molecular weight excluding hydrogens is 186 g/mol. The van der Waals surface area contributed by atoms with Gasteiger partial charge in [-0.25, -0.2) is 10.8 Å². The molecule has 2 N–H and O–H groups in total. The summed E-state index contributed by atoms with van der Waals surface area (Å²) < 4.78 is 0. The van der Waals surface area contributed by atoms with Gasteiger partial charge in [-0.3, -0.25) is 5.01 Å². The van der Waals surface area contributed by atoms with Crippen LogP contribution < -0.4 is 10.9 Å². The van der Waals surface area contributed by atoms with Gasteiger partial charge in [0.05, 0.1) is 0 Å². The average Bonchev–Trinajstić information content (AvgIpc) is 2.16. The van der Waals surface area contributed by atoms with Crippen molar-refractivity contribution in [1.82, 2.24) is 4.98 Å². The SMILES string of the molecule is CCCCCN(N)c1cc(C)cc(C)n1. The summed E-state index contributed by atoms with van der Waals surface area (Å²) in [6.07, 6.45) is 3.56. The molecule has 0 bridgehead atoms. The van der Waals surface area contributed by atoms with E-state index in [1.807, 2.05) is 13.0 Å². The van der Waals surface area contributed by atoms with E-state index in [1.54, 1.807) is 5.01 Å². The summed E-state index contributed by atoms with van der Waals surface area (Å²) >= 11 is 0. The third-order valence-corrected chi connectivity index (χ3v) is 2.38. The van der Waals surface area contributed by atoms with Crippen LogP contribution in [0.1, 0.15) is 37.4 Å². The first-order valence-electron chi connectivity index (χ1n) is 5.61. The highest BCUT2D eigenvalue weighted by atomic mass is 15.4. The lowest BCUT2D eigenvalue weighted by atomic mass is 10.2. The minimum absolute atomic E-state index is 0.878. The van der Waals surface area contributed by atoms with Gasteiger partial charge in [-0.2, -0.15) is 0 Å². The summed E-state index contributed by atoms with van der Waals surface area (Å²) in [7, 11) is 0. The fraction of sp³-hybridized carbons (Fsp3) is 0.583. The monoisotopic (exact) mass is 207 g/mol. The molecule has 15 heavy (non-hydrogen) atoms. The number of aryl methyl sites for hydroxylation is 2. The van der Waals surface area contributed by atoms with Gasteiger partial charge in [0.2, 0.25) is 0 Å². The first-order valence-corrected chi connectivity index (χ1v) is 5.61. The Morgan fingerprint density at radius 3 is 2.60 bits per heavy atom. The van der Waals surface area contributed by atoms with E-state index in [9.17, 15) is 0 Å². The second-order valence-electron chi connectivity index (χ2n) is 4.04. The van der Waals surface area contributed by atoms with Gasteiger partial charge in [0.1, 0.15) is 5.82 Å². The first-order chi connectivity index (χ1) is 7.13. The van der Waals surface area contributed by atoms with Gasteiger partial charge < -0.3 is 0 Å². The highest BCUT2D eigenvalue weighted by Gasteiger charge is 2.03. The number of anilines is 1. The maximum Gasteiger partial charge on any atom is 0.143 e. The molecule has 0 aromatic carbocycles. The lowest BCUT2D eigenvalue weighted by molar-refractivity contribution is 0.682. The van der Waals surface area contributed by atoms with Gasteiger partial charge in [-0.05, 0) is 38.0 Å². The standard InChI is InChI=1S/C12H21N3/c1-4-5-6-7-15(13)12-9-10(2)8-11(3)14-12/h8-9H,4-7,13H2,1-3H3. The van der Waals surface area contributed by atoms with Crippen LogP contribution in [0.2, 0.25) is 0 Å². The van der Waals surface area contributed by atoms with E-state index in [1.165, 1.54) is 18.4 Å².